The zero-order chi connectivity index (χ0) is 16.8. The molecule has 2 aromatic rings. The molecule has 0 radical (unpaired) electrons. The van der Waals surface area contributed by atoms with Crippen LogP contribution >= 0.6 is 11.3 Å². The predicted molar refractivity (Wildman–Crippen MR) is 97.5 cm³/mol. The van der Waals surface area contributed by atoms with Crippen LogP contribution in [0.4, 0.5) is 5.69 Å². The smallest absolute Gasteiger partial charge is 0.130 e. The number of nitriles is 1. The van der Waals surface area contributed by atoms with Crippen LogP contribution in [0, 0.1) is 28.6 Å². The van der Waals surface area contributed by atoms with E-state index in [0.29, 0.717) is 21.9 Å². The van der Waals surface area contributed by atoms with Gasteiger partial charge in [0.2, 0.25) is 0 Å². The number of aryl methyl sites for hydroxylation is 1. The van der Waals surface area contributed by atoms with Gasteiger partial charge in [-0.05, 0) is 48.1 Å². The summed E-state index contributed by atoms with van der Waals surface area (Å²) >= 11 is 1.42. The monoisotopic (exact) mass is 327 g/mol. The first-order valence-electron chi connectivity index (χ1n) is 8.46. The second-order valence-corrected chi connectivity index (χ2v) is 8.79. The number of nitrogens with zero attached hydrogens (tertiary/aromatic N) is 2. The Kier molecular flexibility index (Phi) is 4.10. The Morgan fingerprint density at radius 1 is 1.48 bits per heavy atom. The van der Waals surface area contributed by atoms with Gasteiger partial charge in [-0.1, -0.05) is 34.1 Å². The molecule has 0 spiro atoms. The molecule has 122 valence electrons. The van der Waals surface area contributed by atoms with Crippen molar-refractivity contribution in [3.63, 3.8) is 0 Å². The quantitative estimate of drug-likeness (QED) is 0.851. The summed E-state index contributed by atoms with van der Waals surface area (Å²) < 4.78 is 0. The molecule has 2 heterocycles. The number of hydrogen-bond donors (Lipinski definition) is 1. The molecule has 0 saturated carbocycles. The Morgan fingerprint density at radius 3 is 2.83 bits per heavy atom. The third kappa shape index (κ3) is 2.83. The topological polar surface area (TPSA) is 62.7 Å². The van der Waals surface area contributed by atoms with Gasteiger partial charge >= 0.3 is 0 Å². The lowest BCUT2D eigenvalue weighted by Gasteiger charge is -2.39. The van der Waals surface area contributed by atoms with Gasteiger partial charge < -0.3 is 5.73 Å². The van der Waals surface area contributed by atoms with Crippen LogP contribution in [0.15, 0.2) is 6.07 Å². The predicted octanol–water partition coefficient (Wildman–Crippen LogP) is 4.93. The lowest BCUT2D eigenvalue weighted by Crippen LogP contribution is -2.31. The molecule has 2 N–H and O–H groups in total. The summed E-state index contributed by atoms with van der Waals surface area (Å²) in [6, 6.07) is 4.39. The molecular formula is C19H25N3S. The first-order valence-corrected chi connectivity index (χ1v) is 9.27. The highest BCUT2D eigenvalue weighted by Crippen LogP contribution is 2.42. The van der Waals surface area contributed by atoms with Gasteiger partial charge in [0, 0.05) is 11.1 Å². The Morgan fingerprint density at radius 2 is 2.22 bits per heavy atom. The van der Waals surface area contributed by atoms with Crippen molar-refractivity contribution in [2.75, 3.05) is 5.73 Å². The third-order valence-electron chi connectivity index (χ3n) is 5.35. The maximum Gasteiger partial charge on any atom is 0.130 e. The fourth-order valence-electron chi connectivity index (χ4n) is 4.30. The Hall–Kier alpha value is -1.60. The standard InChI is InChI=1S/C19H25N3S/c1-5-14(19(2,3)4)11-6-7-15-12(8-11)9-13-17(21)16(10-20)23-18(13)22-15/h9,11,14H,5-8,21H2,1-4H3. The fraction of sp³-hybridized carbons (Fsp3) is 0.579. The summed E-state index contributed by atoms with van der Waals surface area (Å²) in [5.74, 6) is 1.43. The number of nitrogens with two attached hydrogens (primary N) is 1. The lowest BCUT2D eigenvalue weighted by atomic mass is 9.67. The Balaban J connectivity index is 1.99. The van der Waals surface area contributed by atoms with Gasteiger partial charge in [-0.25, -0.2) is 4.98 Å². The molecule has 1 aliphatic carbocycles. The van der Waals surface area contributed by atoms with E-state index in [1.54, 1.807) is 0 Å². The Labute approximate surface area is 142 Å². The largest absolute Gasteiger partial charge is 0.396 e. The molecule has 2 atom stereocenters. The van der Waals surface area contributed by atoms with Crippen molar-refractivity contribution < 1.29 is 0 Å². The molecule has 23 heavy (non-hydrogen) atoms. The van der Waals surface area contributed by atoms with Crippen LogP contribution in [0.3, 0.4) is 0 Å². The van der Waals surface area contributed by atoms with E-state index in [1.807, 2.05) is 0 Å². The van der Waals surface area contributed by atoms with Crippen molar-refractivity contribution in [1.82, 2.24) is 4.98 Å². The van der Waals surface area contributed by atoms with Gasteiger partial charge in [0.05, 0.1) is 5.69 Å². The van der Waals surface area contributed by atoms with Crippen molar-refractivity contribution in [2.45, 2.75) is 53.4 Å². The SMILES string of the molecule is CCC(C1CCc2nc3sc(C#N)c(N)c3cc2C1)C(C)(C)C. The molecule has 0 amide bonds. The van der Waals surface area contributed by atoms with Gasteiger partial charge in [-0.2, -0.15) is 5.26 Å². The van der Waals surface area contributed by atoms with Crippen molar-refractivity contribution in [1.29, 1.82) is 5.26 Å². The average Bonchev–Trinajstić information content (AvgIpc) is 2.80. The van der Waals surface area contributed by atoms with Gasteiger partial charge in [0.25, 0.3) is 0 Å². The highest BCUT2D eigenvalue weighted by molar-refractivity contribution is 7.19. The zero-order valence-corrected chi connectivity index (χ0v) is 15.3. The summed E-state index contributed by atoms with van der Waals surface area (Å²) in [7, 11) is 0. The highest BCUT2D eigenvalue weighted by Gasteiger charge is 2.33. The molecular weight excluding hydrogens is 302 g/mol. The number of pyridine rings is 1. The summed E-state index contributed by atoms with van der Waals surface area (Å²) in [6.45, 7) is 9.37. The molecule has 3 rings (SSSR count). The number of aromatic nitrogens is 1. The third-order valence-corrected chi connectivity index (χ3v) is 6.37. The van der Waals surface area contributed by atoms with Gasteiger partial charge in [0.15, 0.2) is 0 Å². The van der Waals surface area contributed by atoms with Gasteiger partial charge in [-0.15, -0.1) is 11.3 Å². The second-order valence-electron chi connectivity index (χ2n) is 7.79. The van der Waals surface area contributed by atoms with E-state index < -0.39 is 0 Å². The first kappa shape index (κ1) is 16.3. The molecule has 0 aromatic carbocycles. The number of hydrogen-bond acceptors (Lipinski definition) is 4. The minimum Gasteiger partial charge on any atom is -0.396 e. The van der Waals surface area contributed by atoms with Crippen molar-refractivity contribution >= 4 is 27.2 Å². The molecule has 0 aliphatic heterocycles. The minimum absolute atomic E-state index is 0.337. The van der Waals surface area contributed by atoms with Crippen LogP contribution in [0.1, 0.15) is 56.7 Å². The lowest BCUT2D eigenvalue weighted by molar-refractivity contribution is 0.138. The van der Waals surface area contributed by atoms with E-state index in [4.69, 9.17) is 10.7 Å². The highest BCUT2D eigenvalue weighted by atomic mass is 32.1. The molecule has 1 aliphatic rings. The van der Waals surface area contributed by atoms with Crippen LogP contribution in [0.2, 0.25) is 0 Å². The molecule has 2 aromatic heterocycles. The van der Waals surface area contributed by atoms with Crippen molar-refractivity contribution in [2.24, 2.45) is 17.3 Å². The van der Waals surface area contributed by atoms with Gasteiger partial charge in [-0.3, -0.25) is 0 Å². The average molecular weight is 327 g/mol. The summed E-state index contributed by atoms with van der Waals surface area (Å²) in [5, 5.41) is 10.1. The van der Waals surface area contributed by atoms with Crippen LogP contribution in [0.5, 0.6) is 0 Å². The van der Waals surface area contributed by atoms with E-state index in [1.165, 1.54) is 35.4 Å². The van der Waals surface area contributed by atoms with Crippen LogP contribution in [-0.2, 0) is 12.8 Å². The molecule has 2 unspecified atom stereocenters. The zero-order valence-electron chi connectivity index (χ0n) is 14.4. The van der Waals surface area contributed by atoms with E-state index in [2.05, 4.69) is 39.8 Å². The van der Waals surface area contributed by atoms with Gasteiger partial charge in [0.1, 0.15) is 15.8 Å². The summed E-state index contributed by atoms with van der Waals surface area (Å²) in [6.07, 6.45) is 4.57. The first-order chi connectivity index (χ1) is 10.8. The normalized spacial score (nSPS) is 19.3. The Bertz CT molecular complexity index is 776. The van der Waals surface area contributed by atoms with Crippen molar-refractivity contribution in [3.8, 4) is 6.07 Å². The maximum atomic E-state index is 9.17. The van der Waals surface area contributed by atoms with Crippen LogP contribution in [-0.4, -0.2) is 4.98 Å². The second kappa shape index (κ2) is 5.79. The maximum absolute atomic E-state index is 9.17. The molecule has 4 heteroatoms. The van der Waals surface area contributed by atoms with Crippen molar-refractivity contribution in [3.05, 3.63) is 22.2 Å². The summed E-state index contributed by atoms with van der Waals surface area (Å²) in [4.78, 5) is 6.32. The molecule has 0 bridgehead atoms. The number of fused-ring (bicyclic) bond motifs is 2. The molecule has 0 saturated heterocycles. The molecule has 3 nitrogen and oxygen atoms in total. The number of rotatable bonds is 2. The van der Waals surface area contributed by atoms with Crippen LogP contribution < -0.4 is 5.73 Å². The number of anilines is 1. The van der Waals surface area contributed by atoms with E-state index in [9.17, 15) is 5.26 Å². The summed E-state index contributed by atoms with van der Waals surface area (Å²) in [5.41, 5.74) is 9.61. The number of nitrogen functional groups attached to an aromatic ring is 1. The van der Waals surface area contributed by atoms with E-state index in [0.717, 1.165) is 29.0 Å². The number of thiophene rings is 1. The molecule has 0 fully saturated rings. The minimum atomic E-state index is 0.337. The van der Waals surface area contributed by atoms with E-state index >= 15 is 0 Å². The fourth-order valence-corrected chi connectivity index (χ4v) is 5.19. The van der Waals surface area contributed by atoms with E-state index in [-0.39, 0.29) is 0 Å². The van der Waals surface area contributed by atoms with Crippen LogP contribution in [0.25, 0.3) is 10.2 Å².